The van der Waals surface area contributed by atoms with E-state index in [1.165, 1.54) is 11.3 Å². The molecule has 0 aliphatic carbocycles. The molecule has 0 unspecified atom stereocenters. The number of carbonyl (C=O) groups excluding carboxylic acids is 1. The van der Waals surface area contributed by atoms with E-state index in [1.54, 1.807) is 12.4 Å². The van der Waals surface area contributed by atoms with Crippen molar-refractivity contribution in [3.05, 3.63) is 35.1 Å². The first kappa shape index (κ1) is 11.7. The van der Waals surface area contributed by atoms with Crippen molar-refractivity contribution in [3.8, 4) is 10.6 Å². The number of nitrogens with zero attached hydrogens (tertiary/aromatic N) is 2. The molecule has 2 N–H and O–H groups in total. The summed E-state index contributed by atoms with van der Waals surface area (Å²) in [6, 6.07) is 3.75. The Morgan fingerprint density at radius 1 is 1.41 bits per heavy atom. The molecule has 2 heterocycles. The fourth-order valence-electron chi connectivity index (χ4n) is 1.57. The number of carbonyl (C=O) groups is 1. The summed E-state index contributed by atoms with van der Waals surface area (Å²) in [6.07, 6.45) is 5.14. The van der Waals surface area contributed by atoms with Crippen molar-refractivity contribution in [2.75, 3.05) is 0 Å². The first-order chi connectivity index (χ1) is 8.22. The minimum atomic E-state index is -0.397. The van der Waals surface area contributed by atoms with Gasteiger partial charge in [0.25, 0.3) is 5.91 Å². The van der Waals surface area contributed by atoms with Gasteiger partial charge in [0.15, 0.2) is 0 Å². The maximum atomic E-state index is 11.3. The molecule has 0 fully saturated rings. The second-order valence-electron chi connectivity index (χ2n) is 3.64. The van der Waals surface area contributed by atoms with Crippen molar-refractivity contribution in [3.63, 3.8) is 0 Å². The number of rotatable bonds is 4. The molecule has 4 nitrogen and oxygen atoms in total. The molecule has 5 heteroatoms. The van der Waals surface area contributed by atoms with Gasteiger partial charge in [-0.1, -0.05) is 13.3 Å². The van der Waals surface area contributed by atoms with Crippen molar-refractivity contribution in [1.82, 2.24) is 9.97 Å². The zero-order chi connectivity index (χ0) is 12.3. The molecule has 2 aromatic rings. The number of hydrogen-bond donors (Lipinski definition) is 1. The molecule has 2 rings (SSSR count). The highest BCUT2D eigenvalue weighted by atomic mass is 32.1. The van der Waals surface area contributed by atoms with Gasteiger partial charge in [-0.3, -0.25) is 9.78 Å². The monoisotopic (exact) mass is 247 g/mol. The molecule has 0 saturated carbocycles. The molecule has 0 spiro atoms. The summed E-state index contributed by atoms with van der Waals surface area (Å²) in [4.78, 5) is 20.3. The highest BCUT2D eigenvalue weighted by molar-refractivity contribution is 7.17. The average molecular weight is 247 g/mol. The second kappa shape index (κ2) is 5.05. The van der Waals surface area contributed by atoms with Gasteiger partial charge in [0.1, 0.15) is 9.88 Å². The Morgan fingerprint density at radius 2 is 2.12 bits per heavy atom. The molecule has 88 valence electrons. The lowest BCUT2D eigenvalue weighted by atomic mass is 10.2. The molecule has 0 aromatic carbocycles. The summed E-state index contributed by atoms with van der Waals surface area (Å²) >= 11 is 1.35. The van der Waals surface area contributed by atoms with Crippen LogP contribution in [0.2, 0.25) is 0 Å². The number of aromatic nitrogens is 2. The quantitative estimate of drug-likeness (QED) is 0.901. The van der Waals surface area contributed by atoms with Crippen molar-refractivity contribution in [2.45, 2.75) is 19.8 Å². The number of primary amides is 1. The summed E-state index contributed by atoms with van der Waals surface area (Å²) in [6.45, 7) is 2.05. The van der Waals surface area contributed by atoms with Crippen LogP contribution in [0.1, 0.15) is 28.7 Å². The standard InChI is InChI=1S/C12H13N3OS/c1-2-3-9-10(11(13)16)17-12(15-9)8-4-6-14-7-5-8/h4-7H,2-3H2,1H3,(H2,13,16). The van der Waals surface area contributed by atoms with Crippen LogP contribution in [0.15, 0.2) is 24.5 Å². The fraction of sp³-hybridized carbons (Fsp3) is 0.250. The van der Waals surface area contributed by atoms with Crippen LogP contribution in [-0.4, -0.2) is 15.9 Å². The maximum Gasteiger partial charge on any atom is 0.260 e. The normalized spacial score (nSPS) is 10.4. The van der Waals surface area contributed by atoms with Gasteiger partial charge in [-0.25, -0.2) is 4.98 Å². The van der Waals surface area contributed by atoms with Crippen LogP contribution >= 0.6 is 11.3 Å². The van der Waals surface area contributed by atoms with Gasteiger partial charge >= 0.3 is 0 Å². The van der Waals surface area contributed by atoms with E-state index < -0.39 is 5.91 Å². The van der Waals surface area contributed by atoms with Crippen molar-refractivity contribution >= 4 is 17.2 Å². The predicted octanol–water partition coefficient (Wildman–Crippen LogP) is 2.26. The SMILES string of the molecule is CCCc1nc(-c2ccncc2)sc1C(N)=O. The summed E-state index contributed by atoms with van der Waals surface area (Å²) in [5.41, 5.74) is 7.13. The third kappa shape index (κ3) is 2.50. The highest BCUT2D eigenvalue weighted by Crippen LogP contribution is 2.28. The number of aryl methyl sites for hydroxylation is 1. The molecule has 2 aromatic heterocycles. The molecule has 0 atom stereocenters. The van der Waals surface area contributed by atoms with Crippen LogP contribution < -0.4 is 5.73 Å². The van der Waals surface area contributed by atoms with Gasteiger partial charge in [0.05, 0.1) is 5.69 Å². The minimum Gasteiger partial charge on any atom is -0.365 e. The molecule has 0 aliphatic rings. The number of amides is 1. The van der Waals surface area contributed by atoms with Gasteiger partial charge in [-0.2, -0.15) is 0 Å². The summed E-state index contributed by atoms with van der Waals surface area (Å²) in [5, 5.41) is 0.824. The van der Waals surface area contributed by atoms with E-state index in [0.717, 1.165) is 29.1 Å². The average Bonchev–Trinajstić information content (AvgIpc) is 2.75. The first-order valence-electron chi connectivity index (χ1n) is 5.42. The van der Waals surface area contributed by atoms with E-state index >= 15 is 0 Å². The zero-order valence-electron chi connectivity index (χ0n) is 9.51. The number of pyridine rings is 1. The van der Waals surface area contributed by atoms with Crippen LogP contribution in [0, 0.1) is 0 Å². The van der Waals surface area contributed by atoms with Crippen LogP contribution in [0.4, 0.5) is 0 Å². The Labute approximate surface area is 104 Å². The molecular formula is C12H13N3OS. The Balaban J connectivity index is 2.44. The van der Waals surface area contributed by atoms with Gasteiger partial charge in [-0.15, -0.1) is 11.3 Å². The van der Waals surface area contributed by atoms with Crippen LogP contribution in [0.25, 0.3) is 10.6 Å². The first-order valence-corrected chi connectivity index (χ1v) is 6.24. The molecule has 17 heavy (non-hydrogen) atoms. The Hall–Kier alpha value is -1.75. The lowest BCUT2D eigenvalue weighted by Gasteiger charge is -1.94. The van der Waals surface area contributed by atoms with Crippen molar-refractivity contribution in [2.24, 2.45) is 5.73 Å². The summed E-state index contributed by atoms with van der Waals surface area (Å²) < 4.78 is 0. The molecule has 1 amide bonds. The van der Waals surface area contributed by atoms with E-state index in [0.29, 0.717) is 4.88 Å². The largest absolute Gasteiger partial charge is 0.365 e. The van der Waals surface area contributed by atoms with Crippen molar-refractivity contribution in [1.29, 1.82) is 0 Å². The minimum absolute atomic E-state index is 0.397. The Morgan fingerprint density at radius 3 is 2.71 bits per heavy atom. The summed E-state index contributed by atoms with van der Waals surface area (Å²) in [5.74, 6) is -0.397. The topological polar surface area (TPSA) is 68.9 Å². The van der Waals surface area contributed by atoms with Gasteiger partial charge < -0.3 is 5.73 Å². The number of hydrogen-bond acceptors (Lipinski definition) is 4. The molecule has 0 bridgehead atoms. The van der Waals surface area contributed by atoms with Gasteiger partial charge in [-0.05, 0) is 18.6 Å². The van der Waals surface area contributed by atoms with E-state index in [1.807, 2.05) is 12.1 Å². The van der Waals surface area contributed by atoms with E-state index in [9.17, 15) is 4.79 Å². The van der Waals surface area contributed by atoms with Gasteiger partial charge in [0.2, 0.25) is 0 Å². The fourth-order valence-corrected chi connectivity index (χ4v) is 2.54. The molecule has 0 radical (unpaired) electrons. The lowest BCUT2D eigenvalue weighted by molar-refractivity contribution is 0.100. The summed E-state index contributed by atoms with van der Waals surface area (Å²) in [7, 11) is 0. The zero-order valence-corrected chi connectivity index (χ0v) is 10.3. The van der Waals surface area contributed by atoms with Crippen LogP contribution in [0.3, 0.4) is 0 Å². The Kier molecular flexibility index (Phi) is 3.49. The third-order valence-electron chi connectivity index (χ3n) is 2.34. The predicted molar refractivity (Wildman–Crippen MR) is 67.9 cm³/mol. The number of nitrogens with two attached hydrogens (primary N) is 1. The maximum absolute atomic E-state index is 11.3. The van der Waals surface area contributed by atoms with Crippen LogP contribution in [-0.2, 0) is 6.42 Å². The van der Waals surface area contributed by atoms with E-state index in [-0.39, 0.29) is 0 Å². The third-order valence-corrected chi connectivity index (χ3v) is 3.50. The highest BCUT2D eigenvalue weighted by Gasteiger charge is 2.15. The van der Waals surface area contributed by atoms with Gasteiger partial charge in [0, 0.05) is 18.0 Å². The van der Waals surface area contributed by atoms with Crippen LogP contribution in [0.5, 0.6) is 0 Å². The molecule has 0 aliphatic heterocycles. The van der Waals surface area contributed by atoms with E-state index in [4.69, 9.17) is 5.73 Å². The molecular weight excluding hydrogens is 234 g/mol. The second-order valence-corrected chi connectivity index (χ2v) is 4.64. The Bertz CT molecular complexity index is 522. The van der Waals surface area contributed by atoms with Crippen molar-refractivity contribution < 1.29 is 4.79 Å². The molecule has 0 saturated heterocycles. The van der Waals surface area contributed by atoms with E-state index in [2.05, 4.69) is 16.9 Å². The smallest absolute Gasteiger partial charge is 0.260 e. The number of thiazole rings is 1. The lowest BCUT2D eigenvalue weighted by Crippen LogP contribution is -2.11.